The highest BCUT2D eigenvalue weighted by Crippen LogP contribution is 2.13. The van der Waals surface area contributed by atoms with Gasteiger partial charge in [-0.2, -0.15) is 0 Å². The van der Waals surface area contributed by atoms with Crippen LogP contribution in [0.5, 0.6) is 0 Å². The van der Waals surface area contributed by atoms with Gasteiger partial charge in [-0.15, -0.1) is 0 Å². The van der Waals surface area contributed by atoms with E-state index in [0.717, 1.165) is 19.6 Å². The molecule has 1 aliphatic rings. The Morgan fingerprint density at radius 1 is 1.26 bits per heavy atom. The molecule has 0 saturated carbocycles. The molecule has 1 heterocycles. The largest absolute Gasteiger partial charge is 0.379 e. The number of amides is 1. The van der Waals surface area contributed by atoms with Crippen molar-refractivity contribution in [3.8, 4) is 0 Å². The van der Waals surface area contributed by atoms with Crippen molar-refractivity contribution in [2.75, 3.05) is 45.9 Å². The average molecular weight is 341 g/mol. The molecule has 0 radical (unpaired) electrons. The van der Waals surface area contributed by atoms with E-state index < -0.39 is 10.0 Å². The maximum Gasteiger partial charge on any atom is 0.241 e. The van der Waals surface area contributed by atoms with Gasteiger partial charge in [0.05, 0.1) is 24.7 Å². The van der Waals surface area contributed by atoms with Crippen molar-refractivity contribution in [1.29, 1.82) is 0 Å². The Hall–Kier alpha value is -1.48. The average Bonchev–Trinajstić information content (AvgIpc) is 2.54. The molecule has 0 aliphatic carbocycles. The summed E-state index contributed by atoms with van der Waals surface area (Å²) < 4.78 is 31.9. The van der Waals surface area contributed by atoms with Gasteiger partial charge in [0, 0.05) is 26.2 Å². The van der Waals surface area contributed by atoms with Crippen LogP contribution in [0.4, 0.5) is 0 Å². The maximum absolute atomic E-state index is 12.2. The highest BCUT2D eigenvalue weighted by atomic mass is 32.2. The molecular weight excluding hydrogens is 318 g/mol. The highest BCUT2D eigenvalue weighted by Gasteiger charge is 2.17. The van der Waals surface area contributed by atoms with Crippen LogP contribution < -0.4 is 10.0 Å². The smallest absolute Gasteiger partial charge is 0.241 e. The third-order valence-corrected chi connectivity index (χ3v) is 5.22. The zero-order valence-corrected chi connectivity index (χ0v) is 14.1. The normalized spacial score (nSPS) is 16.2. The van der Waals surface area contributed by atoms with E-state index in [2.05, 4.69) is 14.9 Å². The minimum atomic E-state index is -3.67. The first kappa shape index (κ1) is 17.9. The number of aryl methyl sites for hydroxylation is 1. The van der Waals surface area contributed by atoms with E-state index in [4.69, 9.17) is 4.74 Å². The van der Waals surface area contributed by atoms with Crippen LogP contribution >= 0.6 is 0 Å². The van der Waals surface area contributed by atoms with E-state index in [-0.39, 0.29) is 17.3 Å². The van der Waals surface area contributed by atoms with Crippen molar-refractivity contribution in [3.63, 3.8) is 0 Å². The Labute approximate surface area is 137 Å². The molecule has 0 unspecified atom stereocenters. The Kier molecular flexibility index (Phi) is 6.52. The number of morpholine rings is 1. The van der Waals surface area contributed by atoms with Crippen LogP contribution in [0, 0.1) is 6.92 Å². The van der Waals surface area contributed by atoms with Crippen LogP contribution in [-0.4, -0.2) is 65.2 Å². The Morgan fingerprint density at radius 3 is 2.65 bits per heavy atom. The molecule has 128 valence electrons. The van der Waals surface area contributed by atoms with Crippen molar-refractivity contribution in [1.82, 2.24) is 14.9 Å². The molecule has 1 fully saturated rings. The molecule has 2 N–H and O–H groups in total. The molecule has 0 atom stereocenters. The second kappa shape index (κ2) is 8.39. The lowest BCUT2D eigenvalue weighted by Crippen LogP contribution is -2.43. The summed E-state index contributed by atoms with van der Waals surface area (Å²) in [6, 6.07) is 6.67. The maximum atomic E-state index is 12.2. The standard InChI is InChI=1S/C15H23N3O4S/c1-13-4-2-3-5-14(13)23(20,21)17-12-15(19)16-6-7-18-8-10-22-11-9-18/h2-5,17H,6-12H2,1H3,(H,16,19). The van der Waals surface area contributed by atoms with Crippen LogP contribution in [-0.2, 0) is 19.6 Å². The molecule has 0 bridgehead atoms. The predicted octanol–water partition coefficient (Wildman–Crippen LogP) is -0.278. The third kappa shape index (κ3) is 5.58. The van der Waals surface area contributed by atoms with E-state index in [1.54, 1.807) is 25.1 Å². The number of sulfonamides is 1. The van der Waals surface area contributed by atoms with Gasteiger partial charge in [0.1, 0.15) is 0 Å². The van der Waals surface area contributed by atoms with Gasteiger partial charge < -0.3 is 10.1 Å². The van der Waals surface area contributed by atoms with Gasteiger partial charge in [-0.1, -0.05) is 18.2 Å². The highest BCUT2D eigenvalue weighted by molar-refractivity contribution is 7.89. The van der Waals surface area contributed by atoms with Crippen LogP contribution in [0.15, 0.2) is 29.2 Å². The van der Waals surface area contributed by atoms with Crippen molar-refractivity contribution in [2.45, 2.75) is 11.8 Å². The number of hydrogen-bond donors (Lipinski definition) is 2. The zero-order chi connectivity index (χ0) is 16.7. The monoisotopic (exact) mass is 341 g/mol. The zero-order valence-electron chi connectivity index (χ0n) is 13.2. The predicted molar refractivity (Wildman–Crippen MR) is 86.6 cm³/mol. The Morgan fingerprint density at radius 2 is 1.96 bits per heavy atom. The summed E-state index contributed by atoms with van der Waals surface area (Å²) in [4.78, 5) is 14.2. The third-order valence-electron chi connectivity index (χ3n) is 3.66. The van der Waals surface area contributed by atoms with Crippen molar-refractivity contribution in [3.05, 3.63) is 29.8 Å². The van der Waals surface area contributed by atoms with Gasteiger partial charge in [-0.05, 0) is 18.6 Å². The van der Waals surface area contributed by atoms with Gasteiger partial charge >= 0.3 is 0 Å². The van der Waals surface area contributed by atoms with Crippen LogP contribution in [0.25, 0.3) is 0 Å². The van der Waals surface area contributed by atoms with Crippen molar-refractivity contribution in [2.24, 2.45) is 0 Å². The van der Waals surface area contributed by atoms with E-state index >= 15 is 0 Å². The number of nitrogens with one attached hydrogen (secondary N) is 2. The SMILES string of the molecule is Cc1ccccc1S(=O)(=O)NCC(=O)NCCN1CCOCC1. The summed E-state index contributed by atoms with van der Waals surface area (Å²) >= 11 is 0. The van der Waals surface area contributed by atoms with Gasteiger partial charge in [0.25, 0.3) is 0 Å². The lowest BCUT2D eigenvalue weighted by molar-refractivity contribution is -0.120. The first-order valence-corrected chi connectivity index (χ1v) is 9.09. The summed E-state index contributed by atoms with van der Waals surface area (Å²) in [5.74, 6) is -0.338. The minimum Gasteiger partial charge on any atom is -0.379 e. The van der Waals surface area contributed by atoms with Crippen molar-refractivity contribution < 1.29 is 17.9 Å². The number of hydrogen-bond acceptors (Lipinski definition) is 5. The molecule has 1 aromatic carbocycles. The van der Waals surface area contributed by atoms with E-state index in [1.807, 2.05) is 0 Å². The van der Waals surface area contributed by atoms with Gasteiger partial charge in [-0.25, -0.2) is 13.1 Å². The molecule has 0 aromatic heterocycles. The molecule has 8 heteroatoms. The molecule has 1 aromatic rings. The Balaban J connectivity index is 1.74. The fourth-order valence-electron chi connectivity index (χ4n) is 2.34. The first-order valence-electron chi connectivity index (χ1n) is 7.61. The molecule has 1 amide bonds. The fraction of sp³-hybridized carbons (Fsp3) is 0.533. The number of nitrogens with zero attached hydrogens (tertiary/aromatic N) is 1. The number of carbonyl (C=O) groups excluding carboxylic acids is 1. The lowest BCUT2D eigenvalue weighted by Gasteiger charge is -2.26. The molecule has 1 saturated heterocycles. The molecule has 0 spiro atoms. The number of benzene rings is 1. The topological polar surface area (TPSA) is 87.7 Å². The van der Waals surface area contributed by atoms with Crippen LogP contribution in [0.1, 0.15) is 5.56 Å². The number of rotatable bonds is 7. The Bertz CT molecular complexity index is 627. The lowest BCUT2D eigenvalue weighted by atomic mass is 10.2. The van der Waals surface area contributed by atoms with Gasteiger partial charge in [0.15, 0.2) is 0 Å². The minimum absolute atomic E-state index is 0.195. The summed E-state index contributed by atoms with van der Waals surface area (Å²) in [7, 11) is -3.67. The molecule has 2 rings (SSSR count). The molecule has 1 aliphatic heterocycles. The molecular formula is C15H23N3O4S. The number of ether oxygens (including phenoxy) is 1. The quantitative estimate of drug-likeness (QED) is 0.712. The fourth-order valence-corrected chi connectivity index (χ4v) is 3.56. The summed E-state index contributed by atoms with van der Waals surface area (Å²) in [5, 5.41) is 2.72. The molecule has 23 heavy (non-hydrogen) atoms. The second-order valence-electron chi connectivity index (χ2n) is 5.39. The van der Waals surface area contributed by atoms with Gasteiger partial charge in [-0.3, -0.25) is 9.69 Å². The van der Waals surface area contributed by atoms with Crippen LogP contribution in [0.3, 0.4) is 0 Å². The summed E-state index contributed by atoms with van der Waals surface area (Å²) in [5.41, 5.74) is 0.646. The van der Waals surface area contributed by atoms with E-state index in [9.17, 15) is 13.2 Å². The van der Waals surface area contributed by atoms with Crippen LogP contribution in [0.2, 0.25) is 0 Å². The summed E-state index contributed by atoms with van der Waals surface area (Å²) in [6.07, 6.45) is 0. The van der Waals surface area contributed by atoms with E-state index in [0.29, 0.717) is 25.3 Å². The number of carbonyl (C=O) groups is 1. The van der Waals surface area contributed by atoms with E-state index in [1.165, 1.54) is 6.07 Å². The molecule has 7 nitrogen and oxygen atoms in total. The first-order chi connectivity index (χ1) is 11.0. The second-order valence-corrected chi connectivity index (χ2v) is 7.13. The summed E-state index contributed by atoms with van der Waals surface area (Å²) in [6.45, 7) is 5.82. The van der Waals surface area contributed by atoms with Gasteiger partial charge in [0.2, 0.25) is 15.9 Å². The van der Waals surface area contributed by atoms with Crippen molar-refractivity contribution >= 4 is 15.9 Å².